The molecule has 0 bridgehead atoms. The van der Waals surface area contributed by atoms with Crippen molar-refractivity contribution in [3.8, 4) is 11.3 Å². The topological polar surface area (TPSA) is 75.6 Å². The largest absolute Gasteiger partial charge is 0.361 e. The monoisotopic (exact) mass is 345 g/mol. The summed E-state index contributed by atoms with van der Waals surface area (Å²) in [6.07, 6.45) is 7.68. The second-order valence-electron chi connectivity index (χ2n) is 6.23. The number of hydrogen-bond donors (Lipinski definition) is 2. The fourth-order valence-corrected chi connectivity index (χ4v) is 3.09. The fraction of sp³-hybridized carbons (Fsp3) is 0.150. The van der Waals surface area contributed by atoms with Gasteiger partial charge < -0.3 is 10.3 Å². The van der Waals surface area contributed by atoms with Crippen LogP contribution in [0.3, 0.4) is 0 Å². The summed E-state index contributed by atoms with van der Waals surface area (Å²) < 4.78 is 1.74. The summed E-state index contributed by atoms with van der Waals surface area (Å²) in [7, 11) is 1.87. The predicted molar refractivity (Wildman–Crippen MR) is 100 cm³/mol. The number of pyridine rings is 1. The first-order valence-corrected chi connectivity index (χ1v) is 8.45. The van der Waals surface area contributed by atoms with Crippen molar-refractivity contribution in [2.24, 2.45) is 7.05 Å². The lowest BCUT2D eigenvalue weighted by Gasteiger charge is -2.08. The minimum Gasteiger partial charge on any atom is -0.361 e. The number of rotatable bonds is 5. The Labute approximate surface area is 150 Å². The van der Waals surface area contributed by atoms with Crippen LogP contribution in [-0.4, -0.2) is 25.7 Å². The Hall–Kier alpha value is -3.41. The molecule has 6 nitrogen and oxygen atoms in total. The number of carbonyl (C=O) groups excluding carboxylic acids is 1. The van der Waals surface area contributed by atoms with Crippen molar-refractivity contribution < 1.29 is 4.79 Å². The van der Waals surface area contributed by atoms with Crippen molar-refractivity contribution in [2.45, 2.75) is 13.0 Å². The van der Waals surface area contributed by atoms with E-state index in [1.54, 1.807) is 17.1 Å². The van der Waals surface area contributed by atoms with Crippen LogP contribution < -0.4 is 5.32 Å². The van der Waals surface area contributed by atoms with E-state index in [4.69, 9.17) is 0 Å². The molecule has 0 radical (unpaired) electrons. The van der Waals surface area contributed by atoms with E-state index in [0.717, 1.165) is 33.3 Å². The van der Waals surface area contributed by atoms with Crippen molar-refractivity contribution in [1.29, 1.82) is 0 Å². The van der Waals surface area contributed by atoms with Crippen molar-refractivity contribution in [1.82, 2.24) is 25.1 Å². The second-order valence-corrected chi connectivity index (χ2v) is 6.23. The van der Waals surface area contributed by atoms with E-state index in [1.165, 1.54) is 0 Å². The minimum absolute atomic E-state index is 0.0178. The number of aromatic amines is 1. The van der Waals surface area contributed by atoms with Gasteiger partial charge in [-0.05, 0) is 23.3 Å². The number of para-hydroxylation sites is 1. The summed E-state index contributed by atoms with van der Waals surface area (Å²) in [5, 5.41) is 8.28. The summed E-state index contributed by atoms with van der Waals surface area (Å²) in [4.78, 5) is 20.1. The molecule has 3 heterocycles. The zero-order valence-electron chi connectivity index (χ0n) is 14.4. The molecule has 0 saturated carbocycles. The number of aromatic nitrogens is 4. The van der Waals surface area contributed by atoms with Gasteiger partial charge in [-0.25, -0.2) is 0 Å². The van der Waals surface area contributed by atoms with Crippen LogP contribution in [0.5, 0.6) is 0 Å². The lowest BCUT2D eigenvalue weighted by Crippen LogP contribution is -2.24. The Morgan fingerprint density at radius 2 is 2.08 bits per heavy atom. The Balaban J connectivity index is 1.47. The number of benzene rings is 1. The van der Waals surface area contributed by atoms with Gasteiger partial charge in [0, 0.05) is 48.6 Å². The summed E-state index contributed by atoms with van der Waals surface area (Å²) in [6, 6.07) is 11.8. The summed E-state index contributed by atoms with van der Waals surface area (Å²) in [6.45, 7) is 0.430. The number of carbonyl (C=O) groups is 1. The van der Waals surface area contributed by atoms with Gasteiger partial charge in [0.1, 0.15) is 0 Å². The first-order chi connectivity index (χ1) is 12.7. The molecule has 0 atom stereocenters. The maximum atomic E-state index is 12.4. The molecule has 4 rings (SSSR count). The number of hydrogen-bond acceptors (Lipinski definition) is 3. The highest BCUT2D eigenvalue weighted by atomic mass is 16.1. The maximum Gasteiger partial charge on any atom is 0.224 e. The molecule has 0 spiro atoms. The highest BCUT2D eigenvalue weighted by Crippen LogP contribution is 2.21. The first-order valence-electron chi connectivity index (χ1n) is 8.45. The van der Waals surface area contributed by atoms with Gasteiger partial charge in [-0.1, -0.05) is 24.3 Å². The molecular weight excluding hydrogens is 326 g/mol. The van der Waals surface area contributed by atoms with E-state index in [1.807, 2.05) is 55.8 Å². The van der Waals surface area contributed by atoms with Crippen LogP contribution in [0.15, 0.2) is 61.2 Å². The number of fused-ring (bicyclic) bond motifs is 1. The summed E-state index contributed by atoms with van der Waals surface area (Å²) in [5.74, 6) is -0.0178. The Bertz CT molecular complexity index is 1060. The zero-order chi connectivity index (χ0) is 17.9. The van der Waals surface area contributed by atoms with Gasteiger partial charge in [-0.15, -0.1) is 0 Å². The van der Waals surface area contributed by atoms with Crippen LogP contribution in [0.4, 0.5) is 0 Å². The second kappa shape index (κ2) is 6.84. The van der Waals surface area contributed by atoms with Gasteiger partial charge in [0.2, 0.25) is 5.91 Å². The molecule has 130 valence electrons. The third-order valence-corrected chi connectivity index (χ3v) is 4.37. The quantitative estimate of drug-likeness (QED) is 0.584. The summed E-state index contributed by atoms with van der Waals surface area (Å²) >= 11 is 0. The van der Waals surface area contributed by atoms with Crippen molar-refractivity contribution in [2.75, 3.05) is 0 Å². The molecule has 0 saturated heterocycles. The highest BCUT2D eigenvalue weighted by Gasteiger charge is 2.11. The van der Waals surface area contributed by atoms with Crippen LogP contribution in [0, 0.1) is 0 Å². The Morgan fingerprint density at radius 1 is 1.19 bits per heavy atom. The lowest BCUT2D eigenvalue weighted by atomic mass is 10.1. The standard InChI is InChI=1S/C20H19N5O/c1-25-13-16(12-24-25)20-14(5-4-8-21-20)10-23-19(26)9-15-11-22-18-7-3-2-6-17(15)18/h2-8,11-13,22H,9-10H2,1H3,(H,23,26). The normalized spacial score (nSPS) is 11.0. The third kappa shape index (κ3) is 3.21. The van der Waals surface area contributed by atoms with E-state index in [0.29, 0.717) is 13.0 Å². The molecule has 1 amide bonds. The van der Waals surface area contributed by atoms with Crippen molar-refractivity contribution in [3.63, 3.8) is 0 Å². The van der Waals surface area contributed by atoms with Gasteiger partial charge in [0.25, 0.3) is 0 Å². The van der Waals surface area contributed by atoms with E-state index >= 15 is 0 Å². The van der Waals surface area contributed by atoms with Gasteiger partial charge >= 0.3 is 0 Å². The lowest BCUT2D eigenvalue weighted by molar-refractivity contribution is -0.120. The van der Waals surface area contributed by atoms with Gasteiger partial charge in [-0.3, -0.25) is 14.5 Å². The maximum absolute atomic E-state index is 12.4. The van der Waals surface area contributed by atoms with Crippen LogP contribution in [0.1, 0.15) is 11.1 Å². The van der Waals surface area contributed by atoms with E-state index in [-0.39, 0.29) is 5.91 Å². The average Bonchev–Trinajstić information content (AvgIpc) is 3.27. The molecule has 2 N–H and O–H groups in total. The molecule has 0 fully saturated rings. The van der Waals surface area contributed by atoms with Gasteiger partial charge in [0.05, 0.1) is 18.3 Å². The molecule has 0 aliphatic carbocycles. The van der Waals surface area contributed by atoms with Gasteiger partial charge in [-0.2, -0.15) is 5.10 Å². The molecule has 6 heteroatoms. The van der Waals surface area contributed by atoms with E-state index < -0.39 is 0 Å². The number of nitrogens with zero attached hydrogens (tertiary/aromatic N) is 3. The zero-order valence-corrected chi connectivity index (χ0v) is 14.4. The van der Waals surface area contributed by atoms with Crippen LogP contribution in [0.25, 0.3) is 22.2 Å². The van der Waals surface area contributed by atoms with E-state index in [2.05, 4.69) is 20.4 Å². The molecule has 0 aliphatic heterocycles. The molecule has 1 aromatic carbocycles. The third-order valence-electron chi connectivity index (χ3n) is 4.37. The average molecular weight is 345 g/mol. The molecule has 26 heavy (non-hydrogen) atoms. The molecule has 0 aliphatic rings. The number of nitrogens with one attached hydrogen (secondary N) is 2. The Morgan fingerprint density at radius 3 is 2.92 bits per heavy atom. The molecule has 0 unspecified atom stereocenters. The van der Waals surface area contributed by atoms with Gasteiger partial charge in [0.15, 0.2) is 0 Å². The van der Waals surface area contributed by atoms with Crippen LogP contribution >= 0.6 is 0 Å². The van der Waals surface area contributed by atoms with E-state index in [9.17, 15) is 4.79 Å². The van der Waals surface area contributed by atoms with Crippen LogP contribution in [0.2, 0.25) is 0 Å². The minimum atomic E-state index is -0.0178. The number of aryl methyl sites for hydroxylation is 1. The number of H-pyrrole nitrogens is 1. The SMILES string of the molecule is Cn1cc(-c2ncccc2CNC(=O)Cc2c[nH]c3ccccc23)cn1. The summed E-state index contributed by atoms with van der Waals surface area (Å²) in [5.41, 5.74) is 4.79. The van der Waals surface area contributed by atoms with Crippen molar-refractivity contribution >= 4 is 16.8 Å². The molecule has 4 aromatic rings. The molecule has 3 aromatic heterocycles. The smallest absolute Gasteiger partial charge is 0.224 e. The molecular formula is C20H19N5O. The highest BCUT2D eigenvalue weighted by molar-refractivity contribution is 5.88. The first kappa shape index (κ1) is 16.1. The van der Waals surface area contributed by atoms with Crippen LogP contribution in [-0.2, 0) is 24.8 Å². The predicted octanol–water partition coefficient (Wildman–Crippen LogP) is 2.82. The fourth-order valence-electron chi connectivity index (χ4n) is 3.09. The Kier molecular flexibility index (Phi) is 4.23. The number of amides is 1. The van der Waals surface area contributed by atoms with Crippen molar-refractivity contribution in [3.05, 3.63) is 72.3 Å².